The number of benzene rings is 3. The molecule has 0 saturated heterocycles. The van der Waals surface area contributed by atoms with Crippen LogP contribution in [0, 0.1) is 0 Å². The maximum Gasteiger partial charge on any atom is 0.193 e. The van der Waals surface area contributed by atoms with E-state index in [0.717, 1.165) is 22.2 Å². The number of hydrogen-bond donors (Lipinski definition) is 2. The number of aromatic nitrogens is 2. The van der Waals surface area contributed by atoms with E-state index >= 15 is 0 Å². The Morgan fingerprint density at radius 1 is 0.885 bits per heavy atom. The first kappa shape index (κ1) is 15.8. The van der Waals surface area contributed by atoms with Crippen molar-refractivity contribution < 1.29 is 4.79 Å². The van der Waals surface area contributed by atoms with Gasteiger partial charge in [0.05, 0.1) is 11.2 Å². The van der Waals surface area contributed by atoms with Crippen LogP contribution in [-0.4, -0.2) is 16.0 Å². The molecule has 4 heteroatoms. The summed E-state index contributed by atoms with van der Waals surface area (Å²) in [6.45, 7) is 0. The summed E-state index contributed by atoms with van der Waals surface area (Å²) in [6, 6.07) is 22.6. The van der Waals surface area contributed by atoms with Gasteiger partial charge in [-0.1, -0.05) is 54.6 Å². The molecule has 26 heavy (non-hydrogen) atoms. The zero-order valence-corrected chi connectivity index (χ0v) is 14.0. The van der Waals surface area contributed by atoms with E-state index in [2.05, 4.69) is 10.2 Å². The van der Waals surface area contributed by atoms with Gasteiger partial charge in [0, 0.05) is 22.2 Å². The molecule has 0 atom stereocenters. The van der Waals surface area contributed by atoms with Crippen LogP contribution in [0.3, 0.4) is 0 Å². The van der Waals surface area contributed by atoms with E-state index in [1.165, 1.54) is 0 Å². The molecule has 0 aliphatic rings. The zero-order chi connectivity index (χ0) is 17.9. The van der Waals surface area contributed by atoms with Gasteiger partial charge in [0.1, 0.15) is 0 Å². The summed E-state index contributed by atoms with van der Waals surface area (Å²) in [5, 5.41) is 8.33. The number of H-pyrrole nitrogens is 1. The lowest BCUT2D eigenvalue weighted by Gasteiger charge is -2.02. The molecule has 1 heterocycles. The molecule has 0 fully saturated rings. The minimum absolute atomic E-state index is 0.0600. The monoisotopic (exact) mass is 339 g/mol. The van der Waals surface area contributed by atoms with Crippen LogP contribution in [0.5, 0.6) is 0 Å². The van der Waals surface area contributed by atoms with Crippen molar-refractivity contribution in [1.82, 2.24) is 10.2 Å². The fraction of sp³-hybridized carbons (Fsp3) is 0. The summed E-state index contributed by atoms with van der Waals surface area (Å²) >= 11 is 0. The van der Waals surface area contributed by atoms with Gasteiger partial charge in [-0.25, -0.2) is 0 Å². The number of carbonyl (C=O) groups excluding carboxylic acids is 1. The van der Waals surface area contributed by atoms with Crippen molar-refractivity contribution in [3.63, 3.8) is 0 Å². The number of nitrogen functional groups attached to an aromatic ring is 1. The average Bonchev–Trinajstić information content (AvgIpc) is 3.09. The number of ketones is 1. The van der Waals surface area contributed by atoms with Crippen molar-refractivity contribution in [2.75, 3.05) is 5.73 Å². The van der Waals surface area contributed by atoms with Crippen molar-refractivity contribution >= 4 is 34.5 Å². The number of nitrogens with zero attached hydrogens (tertiary/aromatic N) is 1. The second kappa shape index (κ2) is 6.69. The molecule has 0 saturated carbocycles. The first-order valence-electron chi connectivity index (χ1n) is 8.32. The number of carbonyl (C=O) groups is 1. The van der Waals surface area contributed by atoms with Crippen molar-refractivity contribution in [3.8, 4) is 0 Å². The number of hydrogen-bond acceptors (Lipinski definition) is 3. The smallest absolute Gasteiger partial charge is 0.193 e. The molecule has 126 valence electrons. The van der Waals surface area contributed by atoms with E-state index in [-0.39, 0.29) is 5.78 Å². The third kappa shape index (κ3) is 3.13. The van der Waals surface area contributed by atoms with E-state index in [9.17, 15) is 4.79 Å². The molecule has 0 spiro atoms. The largest absolute Gasteiger partial charge is 0.399 e. The zero-order valence-electron chi connectivity index (χ0n) is 14.0. The van der Waals surface area contributed by atoms with Gasteiger partial charge in [0.15, 0.2) is 5.78 Å². The van der Waals surface area contributed by atoms with E-state index in [1.807, 2.05) is 60.7 Å². The Labute approximate surface area is 151 Å². The van der Waals surface area contributed by atoms with E-state index in [1.54, 1.807) is 24.3 Å². The van der Waals surface area contributed by atoms with Crippen molar-refractivity contribution in [2.45, 2.75) is 0 Å². The van der Waals surface area contributed by atoms with Crippen LogP contribution in [0.2, 0.25) is 0 Å². The Hall–Kier alpha value is -3.66. The molecule has 0 unspecified atom stereocenters. The second-order valence-corrected chi connectivity index (χ2v) is 6.07. The minimum atomic E-state index is -0.0600. The molecule has 0 bridgehead atoms. The van der Waals surface area contributed by atoms with Crippen LogP contribution in [0.4, 0.5) is 5.69 Å². The minimum Gasteiger partial charge on any atom is -0.399 e. The fourth-order valence-corrected chi connectivity index (χ4v) is 2.89. The van der Waals surface area contributed by atoms with Crippen molar-refractivity contribution in [3.05, 3.63) is 95.2 Å². The molecule has 4 aromatic rings. The van der Waals surface area contributed by atoms with Crippen LogP contribution < -0.4 is 5.73 Å². The lowest BCUT2D eigenvalue weighted by molar-refractivity contribution is 0.103. The maximum absolute atomic E-state index is 12.7. The van der Waals surface area contributed by atoms with E-state index in [4.69, 9.17) is 5.73 Å². The van der Waals surface area contributed by atoms with E-state index in [0.29, 0.717) is 16.8 Å². The summed E-state index contributed by atoms with van der Waals surface area (Å²) in [6.07, 6.45) is 3.98. The topological polar surface area (TPSA) is 71.8 Å². The highest BCUT2D eigenvalue weighted by Gasteiger charge is 2.11. The van der Waals surface area contributed by atoms with Gasteiger partial charge in [0.2, 0.25) is 0 Å². The predicted molar refractivity (Wildman–Crippen MR) is 106 cm³/mol. The molecule has 3 aromatic carbocycles. The summed E-state index contributed by atoms with van der Waals surface area (Å²) in [5.41, 5.74) is 10.3. The fourth-order valence-electron chi connectivity index (χ4n) is 2.89. The highest BCUT2D eigenvalue weighted by atomic mass is 16.1. The molecule has 0 radical (unpaired) electrons. The second-order valence-electron chi connectivity index (χ2n) is 6.07. The quantitative estimate of drug-likeness (QED) is 0.423. The molecule has 3 N–H and O–H groups in total. The van der Waals surface area contributed by atoms with Gasteiger partial charge in [-0.05, 0) is 35.9 Å². The number of fused-ring (bicyclic) bond motifs is 1. The highest BCUT2D eigenvalue weighted by molar-refractivity contribution is 6.11. The maximum atomic E-state index is 12.7. The molecular weight excluding hydrogens is 322 g/mol. The lowest BCUT2D eigenvalue weighted by Crippen LogP contribution is -2.01. The summed E-state index contributed by atoms with van der Waals surface area (Å²) in [4.78, 5) is 12.7. The van der Waals surface area contributed by atoms with Crippen molar-refractivity contribution in [1.29, 1.82) is 0 Å². The predicted octanol–water partition coefficient (Wildman–Crippen LogP) is 4.55. The Bertz CT molecular complexity index is 1110. The Kier molecular flexibility index (Phi) is 4.07. The van der Waals surface area contributed by atoms with Crippen LogP contribution in [-0.2, 0) is 0 Å². The Balaban J connectivity index is 1.65. The molecular formula is C22H17N3O. The molecule has 4 rings (SSSR count). The molecule has 0 amide bonds. The SMILES string of the molecule is Nc1cccc(C(=O)c2ccc3c(/C=C/c4ccccc4)n[nH]c3c2)c1. The Morgan fingerprint density at radius 2 is 1.69 bits per heavy atom. The summed E-state index contributed by atoms with van der Waals surface area (Å²) < 4.78 is 0. The van der Waals surface area contributed by atoms with Crippen LogP contribution in [0.1, 0.15) is 27.2 Å². The number of rotatable bonds is 4. The van der Waals surface area contributed by atoms with Gasteiger partial charge in [0.25, 0.3) is 0 Å². The number of nitrogens with one attached hydrogen (secondary N) is 1. The molecule has 0 aliphatic heterocycles. The standard InChI is InChI=1S/C22H17N3O/c23-18-8-4-7-16(13-18)22(26)17-10-11-19-20(24-25-21(19)14-17)12-9-15-5-2-1-3-6-15/h1-14H,23H2,(H,24,25)/b12-9+. The van der Waals surface area contributed by atoms with Gasteiger partial charge in [-0.2, -0.15) is 5.10 Å². The number of aromatic amines is 1. The molecule has 4 nitrogen and oxygen atoms in total. The van der Waals surface area contributed by atoms with Crippen LogP contribution >= 0.6 is 0 Å². The molecule has 1 aromatic heterocycles. The first-order valence-corrected chi connectivity index (χ1v) is 8.32. The highest BCUT2D eigenvalue weighted by Crippen LogP contribution is 2.21. The third-order valence-electron chi connectivity index (χ3n) is 4.24. The summed E-state index contributed by atoms with van der Waals surface area (Å²) in [7, 11) is 0. The first-order chi connectivity index (χ1) is 12.7. The average molecular weight is 339 g/mol. The number of anilines is 1. The number of nitrogens with two attached hydrogens (primary N) is 1. The summed E-state index contributed by atoms with van der Waals surface area (Å²) in [5.74, 6) is -0.0600. The normalized spacial score (nSPS) is 11.2. The Morgan fingerprint density at radius 3 is 2.50 bits per heavy atom. The van der Waals surface area contributed by atoms with Gasteiger partial charge in [-0.3, -0.25) is 9.89 Å². The van der Waals surface area contributed by atoms with Gasteiger partial charge < -0.3 is 5.73 Å². The lowest BCUT2D eigenvalue weighted by atomic mass is 10.0. The van der Waals surface area contributed by atoms with Gasteiger partial charge in [-0.15, -0.1) is 0 Å². The van der Waals surface area contributed by atoms with Gasteiger partial charge >= 0.3 is 0 Å². The molecule has 0 aliphatic carbocycles. The van der Waals surface area contributed by atoms with Crippen LogP contribution in [0.15, 0.2) is 72.8 Å². The van der Waals surface area contributed by atoms with Crippen LogP contribution in [0.25, 0.3) is 23.1 Å². The van der Waals surface area contributed by atoms with E-state index < -0.39 is 0 Å². The van der Waals surface area contributed by atoms with Crippen molar-refractivity contribution in [2.24, 2.45) is 0 Å². The third-order valence-corrected chi connectivity index (χ3v) is 4.24.